The second-order valence-corrected chi connectivity index (χ2v) is 8.85. The molecule has 5 aromatic rings. The molecular weight excluding hydrogens is 448 g/mol. The van der Waals surface area contributed by atoms with Gasteiger partial charge in [-0.15, -0.1) is 0 Å². The van der Waals surface area contributed by atoms with Crippen molar-refractivity contribution in [2.45, 2.75) is 20.0 Å². The highest BCUT2D eigenvalue weighted by Gasteiger charge is 2.20. The van der Waals surface area contributed by atoms with Crippen molar-refractivity contribution in [1.82, 2.24) is 9.55 Å². The van der Waals surface area contributed by atoms with Gasteiger partial charge in [0.05, 0.1) is 40.8 Å². The number of aldehydes is 1. The Bertz CT molecular complexity index is 1460. The van der Waals surface area contributed by atoms with Gasteiger partial charge in [0.1, 0.15) is 5.76 Å². The van der Waals surface area contributed by atoms with Crippen molar-refractivity contribution in [3.63, 3.8) is 0 Å². The predicted molar refractivity (Wildman–Crippen MR) is 135 cm³/mol. The number of thiazole rings is 1. The lowest BCUT2D eigenvalue weighted by Gasteiger charge is -2.27. The average Bonchev–Trinajstić information content (AvgIpc) is 3.51. The SMILES string of the molecule is Cc1c(C=O)c(N(Cc2ccccc2)Nc2nc3ccccc3s2)cc(=O)n1Cc1ccco1. The summed E-state index contributed by atoms with van der Waals surface area (Å²) in [5.41, 5.74) is 6.51. The van der Waals surface area contributed by atoms with Crippen LogP contribution in [0.1, 0.15) is 27.4 Å². The van der Waals surface area contributed by atoms with Crippen LogP contribution in [0.25, 0.3) is 10.2 Å². The highest BCUT2D eigenvalue weighted by atomic mass is 32.1. The van der Waals surface area contributed by atoms with Gasteiger partial charge in [0.2, 0.25) is 5.13 Å². The lowest BCUT2D eigenvalue weighted by Crippen LogP contribution is -2.33. The monoisotopic (exact) mass is 470 g/mol. The summed E-state index contributed by atoms with van der Waals surface area (Å²) in [5, 5.41) is 2.48. The number of benzene rings is 2. The molecule has 0 aliphatic heterocycles. The third-order valence-electron chi connectivity index (χ3n) is 5.61. The van der Waals surface area contributed by atoms with Crippen LogP contribution < -0.4 is 16.0 Å². The molecule has 0 amide bonds. The molecule has 0 spiro atoms. The van der Waals surface area contributed by atoms with E-state index in [0.29, 0.717) is 34.4 Å². The first kappa shape index (κ1) is 21.7. The fourth-order valence-electron chi connectivity index (χ4n) is 3.88. The number of nitrogens with one attached hydrogen (secondary N) is 1. The molecule has 170 valence electrons. The summed E-state index contributed by atoms with van der Waals surface area (Å²) >= 11 is 1.51. The maximum Gasteiger partial charge on any atom is 0.253 e. The summed E-state index contributed by atoms with van der Waals surface area (Å²) in [6.45, 7) is 2.46. The Balaban J connectivity index is 1.58. The van der Waals surface area contributed by atoms with Crippen molar-refractivity contribution in [3.05, 3.63) is 112 Å². The van der Waals surface area contributed by atoms with Gasteiger partial charge in [0.15, 0.2) is 6.29 Å². The van der Waals surface area contributed by atoms with E-state index in [0.717, 1.165) is 22.1 Å². The average molecular weight is 471 g/mol. The summed E-state index contributed by atoms with van der Waals surface area (Å²) in [7, 11) is 0. The topological polar surface area (TPSA) is 80.4 Å². The summed E-state index contributed by atoms with van der Waals surface area (Å²) in [5.74, 6) is 0.642. The number of hydrazine groups is 1. The number of furan rings is 1. The second kappa shape index (κ2) is 9.36. The Morgan fingerprint density at radius 1 is 1.09 bits per heavy atom. The first-order chi connectivity index (χ1) is 16.6. The van der Waals surface area contributed by atoms with Crippen LogP contribution in [0.15, 0.2) is 88.3 Å². The number of pyridine rings is 1. The van der Waals surface area contributed by atoms with E-state index in [1.165, 1.54) is 17.4 Å². The van der Waals surface area contributed by atoms with Gasteiger partial charge in [-0.2, -0.15) is 0 Å². The van der Waals surface area contributed by atoms with E-state index in [9.17, 15) is 9.59 Å². The highest BCUT2D eigenvalue weighted by Crippen LogP contribution is 2.29. The van der Waals surface area contributed by atoms with Crippen molar-refractivity contribution < 1.29 is 9.21 Å². The summed E-state index contributed by atoms with van der Waals surface area (Å²) in [6, 6.07) is 22.8. The number of anilines is 2. The molecular formula is C26H22N4O3S. The number of hydrogen-bond donors (Lipinski definition) is 1. The molecule has 0 atom stereocenters. The third-order valence-corrected chi connectivity index (χ3v) is 6.55. The lowest BCUT2D eigenvalue weighted by atomic mass is 10.1. The molecule has 3 heterocycles. The summed E-state index contributed by atoms with van der Waals surface area (Å²) < 4.78 is 8.00. The predicted octanol–water partition coefficient (Wildman–Crippen LogP) is 5.25. The third kappa shape index (κ3) is 4.35. The van der Waals surface area contributed by atoms with Crippen molar-refractivity contribution >= 4 is 38.7 Å². The Hall–Kier alpha value is -4.17. The molecule has 0 saturated heterocycles. The van der Waals surface area contributed by atoms with Crippen LogP contribution in [-0.2, 0) is 13.1 Å². The number of carbonyl (C=O) groups is 1. The smallest absolute Gasteiger partial charge is 0.253 e. The Kier molecular flexibility index (Phi) is 5.97. The van der Waals surface area contributed by atoms with Crippen molar-refractivity contribution in [2.75, 3.05) is 10.4 Å². The largest absolute Gasteiger partial charge is 0.467 e. The van der Waals surface area contributed by atoms with Gasteiger partial charge >= 0.3 is 0 Å². The molecule has 0 aliphatic rings. The number of nitrogens with zero attached hydrogens (tertiary/aromatic N) is 3. The Labute approximate surface area is 199 Å². The van der Waals surface area contributed by atoms with Crippen LogP contribution in [0.5, 0.6) is 0 Å². The first-order valence-electron chi connectivity index (χ1n) is 10.8. The molecule has 3 aromatic heterocycles. The fourth-order valence-corrected chi connectivity index (χ4v) is 4.75. The molecule has 2 aromatic carbocycles. The number of rotatable bonds is 8. The van der Waals surface area contributed by atoms with Crippen molar-refractivity contribution in [3.8, 4) is 0 Å². The quantitative estimate of drug-likeness (QED) is 0.246. The van der Waals surface area contributed by atoms with Gasteiger partial charge in [0, 0.05) is 11.8 Å². The van der Waals surface area contributed by atoms with Crippen LogP contribution in [0.3, 0.4) is 0 Å². The van der Waals surface area contributed by atoms with Gasteiger partial charge < -0.3 is 8.98 Å². The molecule has 34 heavy (non-hydrogen) atoms. The van der Waals surface area contributed by atoms with E-state index in [-0.39, 0.29) is 12.1 Å². The molecule has 0 aliphatic carbocycles. The van der Waals surface area contributed by atoms with Crippen molar-refractivity contribution in [1.29, 1.82) is 0 Å². The molecule has 5 rings (SSSR count). The molecule has 1 N–H and O–H groups in total. The maximum absolute atomic E-state index is 13.1. The maximum atomic E-state index is 13.1. The minimum Gasteiger partial charge on any atom is -0.467 e. The number of hydrogen-bond acceptors (Lipinski definition) is 7. The first-order valence-corrected chi connectivity index (χ1v) is 11.6. The minimum absolute atomic E-state index is 0.223. The zero-order chi connectivity index (χ0) is 23.5. The number of aromatic nitrogens is 2. The summed E-state index contributed by atoms with van der Waals surface area (Å²) in [6.07, 6.45) is 2.36. The van der Waals surface area contributed by atoms with Crippen LogP contribution in [0, 0.1) is 6.92 Å². The van der Waals surface area contributed by atoms with Gasteiger partial charge in [-0.25, -0.2) is 4.98 Å². The van der Waals surface area contributed by atoms with E-state index < -0.39 is 0 Å². The second-order valence-electron chi connectivity index (χ2n) is 7.82. The zero-order valence-electron chi connectivity index (χ0n) is 18.5. The fraction of sp³-hybridized carbons (Fsp3) is 0.115. The summed E-state index contributed by atoms with van der Waals surface area (Å²) in [4.78, 5) is 30.1. The zero-order valence-corrected chi connectivity index (χ0v) is 19.3. The molecule has 0 saturated carbocycles. The molecule has 8 heteroatoms. The van der Waals surface area contributed by atoms with Gasteiger partial charge in [-0.05, 0) is 36.8 Å². The lowest BCUT2D eigenvalue weighted by molar-refractivity contribution is 0.112. The molecule has 0 fully saturated rings. The van der Waals surface area contributed by atoms with Gasteiger partial charge in [-0.1, -0.05) is 53.8 Å². The van der Waals surface area contributed by atoms with Crippen LogP contribution >= 0.6 is 11.3 Å². The standard InChI is InChI=1S/C26H22N4O3S/c1-18-21(17-31)23(14-25(32)29(18)16-20-10-7-13-33-20)30(15-19-8-3-2-4-9-19)28-26-27-22-11-5-6-12-24(22)34-26/h2-14,17H,15-16H2,1H3,(H,27,28). The Morgan fingerprint density at radius 3 is 2.62 bits per heavy atom. The van der Waals surface area contributed by atoms with Crippen LogP contribution in [0.4, 0.5) is 10.8 Å². The molecule has 0 unspecified atom stereocenters. The normalized spacial score (nSPS) is 11.0. The van der Waals surface area contributed by atoms with E-state index in [4.69, 9.17) is 4.42 Å². The van der Waals surface area contributed by atoms with Crippen molar-refractivity contribution in [2.24, 2.45) is 0 Å². The molecule has 0 radical (unpaired) electrons. The van der Waals surface area contributed by atoms with Gasteiger partial charge in [-0.3, -0.25) is 20.0 Å². The van der Waals surface area contributed by atoms with Gasteiger partial charge in [0.25, 0.3) is 5.56 Å². The van der Waals surface area contributed by atoms with E-state index in [1.807, 2.05) is 59.6 Å². The minimum atomic E-state index is -0.223. The van der Waals surface area contributed by atoms with E-state index >= 15 is 0 Å². The van der Waals surface area contributed by atoms with Crippen LogP contribution in [0.2, 0.25) is 0 Å². The van der Waals surface area contributed by atoms with E-state index in [2.05, 4.69) is 10.4 Å². The van der Waals surface area contributed by atoms with E-state index in [1.54, 1.807) is 29.9 Å². The highest BCUT2D eigenvalue weighted by molar-refractivity contribution is 7.22. The Morgan fingerprint density at radius 2 is 1.88 bits per heavy atom. The molecule has 7 nitrogen and oxygen atoms in total. The van der Waals surface area contributed by atoms with Crippen LogP contribution in [-0.4, -0.2) is 15.8 Å². The molecule has 0 bridgehead atoms. The number of carbonyl (C=O) groups excluding carboxylic acids is 1. The number of fused-ring (bicyclic) bond motifs is 1. The number of para-hydroxylation sites is 1.